The highest BCUT2D eigenvalue weighted by molar-refractivity contribution is 9.10. The quantitative estimate of drug-likeness (QED) is 0.773. The third kappa shape index (κ3) is 1.93. The number of hydrogen-bond donors (Lipinski definition) is 0. The number of rotatable bonds is 2. The minimum Gasteiger partial charge on any atom is -0.468 e. The molecule has 20 heavy (non-hydrogen) atoms. The number of ether oxygens (including phenoxy) is 1. The zero-order chi connectivity index (χ0) is 14.5. The Morgan fingerprint density at radius 2 is 2.30 bits per heavy atom. The highest BCUT2D eigenvalue weighted by atomic mass is 79.9. The summed E-state index contributed by atoms with van der Waals surface area (Å²) in [5.74, 6) is -0.743. The maximum absolute atomic E-state index is 13.9. The molecule has 1 spiro atoms. The minimum atomic E-state index is -0.969. The van der Waals surface area contributed by atoms with Crippen molar-refractivity contribution in [2.24, 2.45) is 0 Å². The van der Waals surface area contributed by atoms with Gasteiger partial charge in [0.25, 0.3) is 5.91 Å². The van der Waals surface area contributed by atoms with Gasteiger partial charge in [0.05, 0.1) is 7.11 Å². The van der Waals surface area contributed by atoms with Gasteiger partial charge in [-0.25, -0.2) is 4.39 Å². The molecule has 1 aliphatic carbocycles. The Morgan fingerprint density at radius 1 is 1.60 bits per heavy atom. The first kappa shape index (κ1) is 13.5. The summed E-state index contributed by atoms with van der Waals surface area (Å²) in [5.41, 5.74) is 0.565. The first-order chi connectivity index (χ1) is 9.48. The van der Waals surface area contributed by atoms with Gasteiger partial charge in [-0.3, -0.25) is 9.59 Å². The monoisotopic (exact) mass is 341 g/mol. The van der Waals surface area contributed by atoms with E-state index in [0.717, 1.165) is 10.0 Å². The summed E-state index contributed by atoms with van der Waals surface area (Å²) >= 11 is 3.35. The number of carbonyl (C=O) groups is 2. The highest BCUT2D eigenvalue weighted by Crippen LogP contribution is 2.54. The molecule has 0 saturated heterocycles. The number of fused-ring (bicyclic) bond motifs is 2. The number of benzene rings is 1. The molecule has 0 radical (unpaired) electrons. The summed E-state index contributed by atoms with van der Waals surface area (Å²) in [4.78, 5) is 25.1. The lowest BCUT2D eigenvalue weighted by molar-refractivity contribution is -0.141. The predicted octanol–water partition coefficient (Wildman–Crippen LogP) is 2.06. The van der Waals surface area contributed by atoms with Gasteiger partial charge in [-0.2, -0.15) is 0 Å². The van der Waals surface area contributed by atoms with Crippen LogP contribution >= 0.6 is 15.9 Å². The number of esters is 1. The van der Waals surface area contributed by atoms with Crippen molar-refractivity contribution in [1.82, 2.24) is 4.90 Å². The summed E-state index contributed by atoms with van der Waals surface area (Å²) in [6.45, 7) is 0.0882. The van der Waals surface area contributed by atoms with Crippen LogP contribution in [0, 0.1) is 0 Å². The maximum Gasteiger partial charge on any atom is 0.325 e. The van der Waals surface area contributed by atoms with E-state index in [1.165, 1.54) is 12.0 Å². The van der Waals surface area contributed by atoms with Gasteiger partial charge in [0.1, 0.15) is 12.7 Å². The number of methoxy groups -OCH3 is 1. The lowest BCUT2D eigenvalue weighted by atomic mass is 9.86. The van der Waals surface area contributed by atoms with Crippen molar-refractivity contribution in [2.45, 2.75) is 18.0 Å². The van der Waals surface area contributed by atoms with Crippen LogP contribution in [0.2, 0.25) is 0 Å². The molecule has 1 aliphatic heterocycles. The van der Waals surface area contributed by atoms with Gasteiger partial charge in [0, 0.05) is 22.0 Å². The number of alkyl halides is 1. The van der Waals surface area contributed by atoms with Gasteiger partial charge < -0.3 is 9.64 Å². The summed E-state index contributed by atoms with van der Waals surface area (Å²) in [7, 11) is 1.27. The second-order valence-electron chi connectivity index (χ2n) is 5.26. The number of nitrogens with zero attached hydrogens (tertiary/aromatic N) is 1. The van der Waals surface area contributed by atoms with E-state index >= 15 is 0 Å². The van der Waals surface area contributed by atoms with E-state index in [0.29, 0.717) is 12.0 Å². The Morgan fingerprint density at radius 3 is 2.90 bits per heavy atom. The highest BCUT2D eigenvalue weighted by Gasteiger charge is 2.61. The van der Waals surface area contributed by atoms with Crippen LogP contribution < -0.4 is 0 Å². The van der Waals surface area contributed by atoms with Gasteiger partial charge >= 0.3 is 5.97 Å². The predicted molar refractivity (Wildman–Crippen MR) is 73.3 cm³/mol. The molecule has 1 unspecified atom stereocenters. The van der Waals surface area contributed by atoms with Gasteiger partial charge in [-0.05, 0) is 30.2 Å². The Hall–Kier alpha value is -1.43. The molecular formula is C14H13BrFNO3. The van der Waals surface area contributed by atoms with Gasteiger partial charge in [-0.1, -0.05) is 15.9 Å². The molecule has 0 bridgehead atoms. The van der Waals surface area contributed by atoms with Gasteiger partial charge in [0.2, 0.25) is 0 Å². The van der Waals surface area contributed by atoms with E-state index in [-0.39, 0.29) is 19.0 Å². The zero-order valence-corrected chi connectivity index (χ0v) is 12.4. The lowest BCUT2D eigenvalue weighted by Crippen LogP contribution is -2.46. The van der Waals surface area contributed by atoms with E-state index in [2.05, 4.69) is 20.7 Å². The minimum absolute atomic E-state index is 0.140. The Kier molecular flexibility index (Phi) is 3.08. The molecule has 0 N–H and O–H groups in total. The fraction of sp³-hybridized carbons (Fsp3) is 0.429. The van der Waals surface area contributed by atoms with Crippen molar-refractivity contribution in [3.63, 3.8) is 0 Å². The first-order valence-corrected chi connectivity index (χ1v) is 7.07. The second-order valence-corrected chi connectivity index (χ2v) is 6.17. The van der Waals surface area contributed by atoms with Crippen LogP contribution in [0.4, 0.5) is 4.39 Å². The van der Waals surface area contributed by atoms with Crippen LogP contribution in [-0.4, -0.2) is 43.1 Å². The van der Waals surface area contributed by atoms with Crippen molar-refractivity contribution in [3.8, 4) is 0 Å². The summed E-state index contributed by atoms with van der Waals surface area (Å²) in [6.07, 6.45) is -0.578. The smallest absolute Gasteiger partial charge is 0.325 e. The topological polar surface area (TPSA) is 46.6 Å². The van der Waals surface area contributed by atoms with Crippen molar-refractivity contribution in [1.29, 1.82) is 0 Å². The van der Waals surface area contributed by atoms with Crippen molar-refractivity contribution < 1.29 is 18.7 Å². The Bertz CT molecular complexity index is 606. The first-order valence-electron chi connectivity index (χ1n) is 6.28. The molecule has 3 rings (SSSR count). The van der Waals surface area contributed by atoms with Crippen molar-refractivity contribution in [3.05, 3.63) is 33.8 Å². The third-order valence-corrected chi connectivity index (χ3v) is 4.53. The van der Waals surface area contributed by atoms with Crippen LogP contribution in [0.5, 0.6) is 0 Å². The van der Waals surface area contributed by atoms with Gasteiger partial charge in [-0.15, -0.1) is 0 Å². The number of amides is 1. The fourth-order valence-corrected chi connectivity index (χ4v) is 3.20. The number of halogens is 2. The third-order valence-electron chi connectivity index (χ3n) is 4.04. The fourth-order valence-electron chi connectivity index (χ4n) is 2.83. The summed E-state index contributed by atoms with van der Waals surface area (Å²) in [5, 5.41) is 0. The summed E-state index contributed by atoms with van der Waals surface area (Å²) in [6, 6.07) is 5.24. The molecule has 1 amide bonds. The van der Waals surface area contributed by atoms with Crippen LogP contribution in [0.15, 0.2) is 22.7 Å². The van der Waals surface area contributed by atoms with E-state index in [9.17, 15) is 14.0 Å². The molecule has 4 nitrogen and oxygen atoms in total. The molecule has 1 saturated carbocycles. The molecule has 1 heterocycles. The normalized spacial score (nSPS) is 27.4. The molecule has 1 aromatic rings. The van der Waals surface area contributed by atoms with Crippen molar-refractivity contribution in [2.75, 3.05) is 20.2 Å². The maximum atomic E-state index is 13.9. The molecule has 1 fully saturated rings. The molecule has 2 atom stereocenters. The van der Waals surface area contributed by atoms with E-state index in [1.54, 1.807) is 12.1 Å². The standard InChI is InChI=1S/C14H13BrFNO3/c1-20-12(18)6-17-7-14(5-11(14)16)10-4-8(15)2-3-9(10)13(17)19/h2-4,11H,5-7H2,1H3/t11-,14?/m0/s1. The Balaban J connectivity index is 2.01. The van der Waals surface area contributed by atoms with Crippen LogP contribution in [0.3, 0.4) is 0 Å². The largest absolute Gasteiger partial charge is 0.468 e. The van der Waals surface area contributed by atoms with Crippen molar-refractivity contribution >= 4 is 27.8 Å². The average Bonchev–Trinajstić information content (AvgIpc) is 3.06. The molecular weight excluding hydrogens is 329 g/mol. The Labute approximate surface area is 124 Å². The van der Waals surface area contributed by atoms with Crippen LogP contribution in [0.25, 0.3) is 0 Å². The SMILES string of the molecule is COC(=O)CN1CC2(C[C@@H]2F)c2cc(Br)ccc2C1=O. The van der Waals surface area contributed by atoms with Crippen LogP contribution in [-0.2, 0) is 14.9 Å². The number of carbonyl (C=O) groups excluding carboxylic acids is 2. The summed E-state index contributed by atoms with van der Waals surface area (Å²) < 4.78 is 19.3. The zero-order valence-electron chi connectivity index (χ0n) is 10.9. The van der Waals surface area contributed by atoms with Crippen LogP contribution in [0.1, 0.15) is 22.3 Å². The van der Waals surface area contributed by atoms with Gasteiger partial charge in [0.15, 0.2) is 0 Å². The molecule has 1 aromatic carbocycles. The molecule has 0 aromatic heterocycles. The molecule has 2 aliphatic rings. The van der Waals surface area contributed by atoms with E-state index in [4.69, 9.17) is 0 Å². The second kappa shape index (κ2) is 4.55. The molecule has 106 valence electrons. The number of hydrogen-bond acceptors (Lipinski definition) is 3. The van der Waals surface area contributed by atoms with E-state index in [1.807, 2.05) is 6.07 Å². The lowest BCUT2D eigenvalue weighted by Gasteiger charge is -2.34. The average molecular weight is 342 g/mol. The molecule has 6 heteroatoms. The van der Waals surface area contributed by atoms with E-state index < -0.39 is 17.6 Å².